The number of anilines is 1. The van der Waals surface area contributed by atoms with Crippen molar-refractivity contribution in [1.29, 1.82) is 0 Å². The Labute approximate surface area is 215 Å². The third-order valence-corrected chi connectivity index (χ3v) is 6.34. The van der Waals surface area contributed by atoms with Gasteiger partial charge in [0.05, 0.1) is 29.7 Å². The van der Waals surface area contributed by atoms with Crippen molar-refractivity contribution in [3.05, 3.63) is 112 Å². The van der Waals surface area contributed by atoms with Crippen LogP contribution in [0.15, 0.2) is 82.5 Å². The molecule has 1 amide bonds. The summed E-state index contributed by atoms with van der Waals surface area (Å²) in [6, 6.07) is 13.1. The molecule has 0 saturated carbocycles. The maximum absolute atomic E-state index is 13.8. The first kappa shape index (κ1) is 25.1. The SMILES string of the molecule is C=CCOc1ccc(C2c3c(oc4ccc(C)cc4c3=O)C(=O)N2c2cccc(C(F)(F)F)c2)cc1OC. The van der Waals surface area contributed by atoms with E-state index in [9.17, 15) is 22.8 Å². The summed E-state index contributed by atoms with van der Waals surface area (Å²) >= 11 is 0. The maximum atomic E-state index is 13.8. The molecule has 0 aliphatic carbocycles. The van der Waals surface area contributed by atoms with Crippen molar-refractivity contribution >= 4 is 22.6 Å². The zero-order valence-electron chi connectivity index (χ0n) is 20.5. The molecule has 5 rings (SSSR count). The van der Waals surface area contributed by atoms with Crippen molar-refractivity contribution in [2.45, 2.75) is 19.1 Å². The zero-order chi connectivity index (χ0) is 27.2. The molecule has 194 valence electrons. The molecule has 3 aromatic carbocycles. The Bertz CT molecular complexity index is 1640. The van der Waals surface area contributed by atoms with Crippen molar-refractivity contribution in [3.8, 4) is 11.5 Å². The standard InChI is InChI=1S/C29H22F3NO5/c1-4-12-37-22-11-9-17(14-23(22)36-3)25-24-26(34)20-13-16(2)8-10-21(20)38-27(24)28(35)33(25)19-7-5-6-18(15-19)29(30,31)32/h4-11,13-15,25H,1,12H2,2-3H3. The molecule has 1 aliphatic heterocycles. The third-order valence-electron chi connectivity index (χ3n) is 6.34. The summed E-state index contributed by atoms with van der Waals surface area (Å²) in [7, 11) is 1.43. The summed E-state index contributed by atoms with van der Waals surface area (Å²) in [5.74, 6) is -0.239. The van der Waals surface area contributed by atoms with Crippen molar-refractivity contribution in [2.75, 3.05) is 18.6 Å². The molecular weight excluding hydrogens is 499 g/mol. The normalized spacial score (nSPS) is 15.0. The van der Waals surface area contributed by atoms with Crippen LogP contribution >= 0.6 is 0 Å². The first-order valence-electron chi connectivity index (χ1n) is 11.6. The van der Waals surface area contributed by atoms with E-state index in [0.717, 1.165) is 22.6 Å². The van der Waals surface area contributed by atoms with Gasteiger partial charge in [-0.2, -0.15) is 13.2 Å². The summed E-state index contributed by atoms with van der Waals surface area (Å²) in [5.41, 5.74) is 0.0802. The highest BCUT2D eigenvalue weighted by molar-refractivity contribution is 6.10. The van der Waals surface area contributed by atoms with E-state index in [1.54, 1.807) is 42.5 Å². The Hall–Kier alpha value is -4.53. The Morgan fingerprint density at radius 1 is 1.05 bits per heavy atom. The van der Waals surface area contributed by atoms with Gasteiger partial charge in [-0.1, -0.05) is 36.4 Å². The second-order valence-electron chi connectivity index (χ2n) is 8.81. The summed E-state index contributed by atoms with van der Waals surface area (Å²) in [4.78, 5) is 28.6. The van der Waals surface area contributed by atoms with Crippen LogP contribution in [0.1, 0.15) is 38.9 Å². The van der Waals surface area contributed by atoms with Crippen molar-refractivity contribution in [1.82, 2.24) is 0 Å². The predicted molar refractivity (Wildman–Crippen MR) is 136 cm³/mol. The van der Waals surface area contributed by atoms with E-state index in [0.29, 0.717) is 17.1 Å². The van der Waals surface area contributed by atoms with Gasteiger partial charge in [-0.15, -0.1) is 0 Å². The number of methoxy groups -OCH3 is 1. The molecule has 0 radical (unpaired) electrons. The fourth-order valence-corrected chi connectivity index (χ4v) is 4.62. The molecule has 0 saturated heterocycles. The Kier molecular flexibility index (Phi) is 6.22. The van der Waals surface area contributed by atoms with E-state index in [2.05, 4.69) is 6.58 Å². The Morgan fingerprint density at radius 2 is 1.84 bits per heavy atom. The molecule has 6 nitrogen and oxygen atoms in total. The number of hydrogen-bond donors (Lipinski definition) is 0. The number of fused-ring (bicyclic) bond motifs is 2. The first-order valence-corrected chi connectivity index (χ1v) is 11.6. The van der Waals surface area contributed by atoms with Crippen molar-refractivity contribution in [3.63, 3.8) is 0 Å². The zero-order valence-corrected chi connectivity index (χ0v) is 20.5. The number of aryl methyl sites for hydroxylation is 1. The van der Waals surface area contributed by atoms with E-state index >= 15 is 0 Å². The van der Waals surface area contributed by atoms with Crippen molar-refractivity contribution < 1.29 is 31.9 Å². The third kappa shape index (κ3) is 4.19. The number of hydrogen-bond acceptors (Lipinski definition) is 5. The molecule has 1 aromatic heterocycles. The number of ether oxygens (including phenoxy) is 2. The molecule has 4 aromatic rings. The fraction of sp³-hybridized carbons (Fsp3) is 0.172. The fourth-order valence-electron chi connectivity index (χ4n) is 4.62. The second-order valence-corrected chi connectivity index (χ2v) is 8.81. The van der Waals surface area contributed by atoms with Gasteiger partial charge in [-0.25, -0.2) is 0 Å². The van der Waals surface area contributed by atoms with E-state index in [4.69, 9.17) is 13.9 Å². The highest BCUT2D eigenvalue weighted by Crippen LogP contribution is 2.44. The number of nitrogens with zero attached hydrogens (tertiary/aromatic N) is 1. The van der Waals surface area contributed by atoms with Crippen LogP contribution in [0.4, 0.5) is 18.9 Å². The van der Waals surface area contributed by atoms with Crippen LogP contribution in [-0.4, -0.2) is 19.6 Å². The largest absolute Gasteiger partial charge is 0.493 e. The number of benzene rings is 3. The van der Waals surface area contributed by atoms with Gasteiger partial charge < -0.3 is 13.9 Å². The lowest BCUT2D eigenvalue weighted by Crippen LogP contribution is -2.29. The number of carbonyl (C=O) groups is 1. The molecule has 1 atom stereocenters. The maximum Gasteiger partial charge on any atom is 0.416 e. The van der Waals surface area contributed by atoms with Gasteiger partial charge in [-0.3, -0.25) is 14.5 Å². The number of alkyl halides is 3. The van der Waals surface area contributed by atoms with Gasteiger partial charge in [0.2, 0.25) is 5.76 Å². The molecule has 0 fully saturated rings. The molecule has 0 N–H and O–H groups in total. The lowest BCUT2D eigenvalue weighted by molar-refractivity contribution is -0.137. The number of amides is 1. The van der Waals surface area contributed by atoms with E-state index in [-0.39, 0.29) is 34.6 Å². The van der Waals surface area contributed by atoms with Crippen LogP contribution in [0.25, 0.3) is 11.0 Å². The van der Waals surface area contributed by atoms with Gasteiger partial charge in [0.1, 0.15) is 12.2 Å². The van der Waals surface area contributed by atoms with Crippen LogP contribution < -0.4 is 19.8 Å². The van der Waals surface area contributed by atoms with Gasteiger partial charge >= 0.3 is 6.18 Å². The smallest absolute Gasteiger partial charge is 0.416 e. The van der Waals surface area contributed by atoms with Gasteiger partial charge in [0.15, 0.2) is 16.9 Å². The molecule has 38 heavy (non-hydrogen) atoms. The highest BCUT2D eigenvalue weighted by Gasteiger charge is 2.44. The van der Waals surface area contributed by atoms with Crippen LogP contribution in [0.3, 0.4) is 0 Å². The van der Waals surface area contributed by atoms with Gasteiger partial charge in [-0.05, 0) is 55.0 Å². The monoisotopic (exact) mass is 521 g/mol. The average molecular weight is 521 g/mol. The minimum Gasteiger partial charge on any atom is -0.493 e. The molecule has 0 bridgehead atoms. The first-order chi connectivity index (χ1) is 18.1. The molecular formula is C29H22F3NO5. The predicted octanol–water partition coefficient (Wildman–Crippen LogP) is 6.44. The molecule has 2 heterocycles. The Morgan fingerprint density at radius 3 is 2.55 bits per heavy atom. The average Bonchev–Trinajstić information content (AvgIpc) is 3.19. The highest BCUT2D eigenvalue weighted by atomic mass is 19.4. The van der Waals surface area contributed by atoms with Crippen LogP contribution in [0.5, 0.6) is 11.5 Å². The van der Waals surface area contributed by atoms with Gasteiger partial charge in [0, 0.05) is 5.69 Å². The second kappa shape index (κ2) is 9.41. The summed E-state index contributed by atoms with van der Waals surface area (Å²) in [5, 5.41) is 0.269. The molecule has 0 spiro atoms. The van der Waals surface area contributed by atoms with E-state index < -0.39 is 29.1 Å². The number of halogens is 3. The lowest BCUT2D eigenvalue weighted by atomic mass is 9.97. The summed E-state index contributed by atoms with van der Waals surface area (Å²) < 4.78 is 57.7. The molecule has 1 aliphatic rings. The van der Waals surface area contributed by atoms with E-state index in [1.807, 2.05) is 6.92 Å². The minimum absolute atomic E-state index is 0.0346. The number of rotatable bonds is 6. The quantitative estimate of drug-likeness (QED) is 0.273. The number of carbonyl (C=O) groups excluding carboxylic acids is 1. The van der Waals surface area contributed by atoms with Crippen LogP contribution in [0, 0.1) is 6.92 Å². The van der Waals surface area contributed by atoms with Crippen molar-refractivity contribution in [2.24, 2.45) is 0 Å². The molecule has 9 heteroatoms. The summed E-state index contributed by atoms with van der Waals surface area (Å²) in [6.07, 6.45) is -3.07. The van der Waals surface area contributed by atoms with Crippen LogP contribution in [-0.2, 0) is 6.18 Å². The van der Waals surface area contributed by atoms with E-state index in [1.165, 1.54) is 19.2 Å². The van der Waals surface area contributed by atoms with Gasteiger partial charge in [0.25, 0.3) is 5.91 Å². The topological polar surface area (TPSA) is 69.0 Å². The Balaban J connectivity index is 1.77. The summed E-state index contributed by atoms with van der Waals surface area (Å²) in [6.45, 7) is 5.65. The minimum atomic E-state index is -4.63. The molecule has 1 unspecified atom stereocenters. The lowest BCUT2D eigenvalue weighted by Gasteiger charge is -2.26. The van der Waals surface area contributed by atoms with Crippen LogP contribution in [0.2, 0.25) is 0 Å².